The zero-order valence-corrected chi connectivity index (χ0v) is 19.1. The number of pyridine rings is 1. The monoisotopic (exact) mass is 471 g/mol. The summed E-state index contributed by atoms with van der Waals surface area (Å²) in [7, 11) is 3.90. The van der Waals surface area contributed by atoms with Gasteiger partial charge in [-0.05, 0) is 24.3 Å². The Kier molecular flexibility index (Phi) is 4.87. The van der Waals surface area contributed by atoms with Crippen molar-refractivity contribution in [1.82, 2.24) is 24.7 Å². The molecular weight excluding hydrogens is 449 g/mol. The molecule has 4 heterocycles. The van der Waals surface area contributed by atoms with Gasteiger partial charge in [-0.25, -0.2) is 9.37 Å². The first-order chi connectivity index (χ1) is 17.0. The van der Waals surface area contributed by atoms with E-state index in [9.17, 15) is 9.18 Å². The van der Waals surface area contributed by atoms with Crippen LogP contribution in [-0.2, 0) is 0 Å². The van der Waals surface area contributed by atoms with Gasteiger partial charge < -0.3 is 14.5 Å². The summed E-state index contributed by atoms with van der Waals surface area (Å²) in [5.41, 5.74) is 1.56. The predicted octanol–water partition coefficient (Wildman–Crippen LogP) is 3.13. The Hall–Kier alpha value is -4.47. The average Bonchev–Trinajstić information content (AvgIpc) is 3.36. The number of aromatic nitrogens is 5. The molecule has 35 heavy (non-hydrogen) atoms. The molecule has 5 aromatic rings. The Morgan fingerprint density at radius 1 is 1.11 bits per heavy atom. The number of para-hydroxylation sites is 3. The zero-order chi connectivity index (χ0) is 24.1. The molecule has 1 aliphatic rings. The topological polar surface area (TPSA) is 92.2 Å². The standard InChI is InChI=1S/C25H22FN7O2/c1-31-13-15(35-21-10-6-5-9-20(21)31)14-32(2)25-27-11-16-22-17(12-28-30-22)24(34)33(23(16)29-25)19-8-4-3-7-18(19)26/h3-12,15H,13-14H2,1-2H3,(H,28,30)/t15-/m1/s1. The number of H-pyrrole nitrogens is 1. The van der Waals surface area contributed by atoms with E-state index in [-0.39, 0.29) is 11.8 Å². The molecule has 176 valence electrons. The minimum Gasteiger partial charge on any atom is -0.485 e. The summed E-state index contributed by atoms with van der Waals surface area (Å²) in [5.74, 6) is 0.699. The van der Waals surface area contributed by atoms with Gasteiger partial charge in [0.05, 0.1) is 47.0 Å². The van der Waals surface area contributed by atoms with Crippen molar-refractivity contribution in [3.05, 3.63) is 77.1 Å². The van der Waals surface area contributed by atoms with E-state index in [4.69, 9.17) is 9.72 Å². The van der Waals surface area contributed by atoms with Crippen LogP contribution in [0.3, 0.4) is 0 Å². The number of anilines is 2. The van der Waals surface area contributed by atoms with Crippen molar-refractivity contribution in [2.75, 3.05) is 37.0 Å². The van der Waals surface area contributed by atoms with Crippen molar-refractivity contribution < 1.29 is 9.13 Å². The maximum atomic E-state index is 14.8. The summed E-state index contributed by atoms with van der Waals surface area (Å²) in [6.45, 7) is 1.21. The lowest BCUT2D eigenvalue weighted by Crippen LogP contribution is -2.44. The summed E-state index contributed by atoms with van der Waals surface area (Å²) < 4.78 is 22.3. The maximum Gasteiger partial charge on any atom is 0.267 e. The first-order valence-corrected chi connectivity index (χ1v) is 11.2. The number of ether oxygens (including phenoxy) is 1. The number of hydrogen-bond acceptors (Lipinski definition) is 7. The number of benzene rings is 2. The van der Waals surface area contributed by atoms with Crippen LogP contribution in [0.25, 0.3) is 27.6 Å². The van der Waals surface area contributed by atoms with E-state index < -0.39 is 11.4 Å². The molecule has 0 saturated heterocycles. The minimum atomic E-state index is -0.524. The van der Waals surface area contributed by atoms with E-state index in [1.807, 2.05) is 43.3 Å². The molecule has 3 aromatic heterocycles. The number of rotatable bonds is 4. The van der Waals surface area contributed by atoms with Crippen LogP contribution in [0.5, 0.6) is 5.75 Å². The van der Waals surface area contributed by atoms with E-state index >= 15 is 0 Å². The molecule has 0 saturated carbocycles. The Balaban J connectivity index is 1.42. The van der Waals surface area contributed by atoms with Crippen LogP contribution in [0, 0.1) is 5.82 Å². The van der Waals surface area contributed by atoms with E-state index in [0.29, 0.717) is 41.0 Å². The minimum absolute atomic E-state index is 0.117. The van der Waals surface area contributed by atoms with Crippen LogP contribution in [0.4, 0.5) is 16.0 Å². The lowest BCUT2D eigenvalue weighted by molar-refractivity contribution is 0.201. The summed E-state index contributed by atoms with van der Waals surface area (Å²) in [5, 5.41) is 7.77. The molecule has 0 fully saturated rings. The van der Waals surface area contributed by atoms with Crippen LogP contribution in [0.2, 0.25) is 0 Å². The van der Waals surface area contributed by atoms with Gasteiger partial charge in [0, 0.05) is 20.3 Å². The number of nitrogens with zero attached hydrogens (tertiary/aromatic N) is 6. The van der Waals surface area contributed by atoms with Crippen LogP contribution in [0.15, 0.2) is 65.7 Å². The van der Waals surface area contributed by atoms with E-state index in [1.165, 1.54) is 16.8 Å². The normalized spacial score (nSPS) is 15.3. The average molecular weight is 471 g/mol. The molecule has 0 unspecified atom stereocenters. The van der Waals surface area contributed by atoms with Gasteiger partial charge in [0.15, 0.2) is 5.65 Å². The second-order valence-corrected chi connectivity index (χ2v) is 8.63. The van der Waals surface area contributed by atoms with Gasteiger partial charge in [-0.3, -0.25) is 14.5 Å². The van der Waals surface area contributed by atoms with Gasteiger partial charge in [-0.2, -0.15) is 10.1 Å². The molecule has 2 aromatic carbocycles. The molecule has 0 bridgehead atoms. The maximum absolute atomic E-state index is 14.8. The van der Waals surface area contributed by atoms with E-state index in [1.54, 1.807) is 24.4 Å². The number of fused-ring (bicyclic) bond motifs is 4. The third-order valence-electron chi connectivity index (χ3n) is 6.27. The number of aromatic amines is 1. The Bertz CT molecular complexity index is 1630. The summed E-state index contributed by atoms with van der Waals surface area (Å²) in [4.78, 5) is 26.6. The van der Waals surface area contributed by atoms with Crippen LogP contribution in [-0.4, -0.2) is 58.0 Å². The highest BCUT2D eigenvalue weighted by Gasteiger charge is 2.25. The smallest absolute Gasteiger partial charge is 0.267 e. The fraction of sp³-hybridized carbons (Fsp3) is 0.200. The van der Waals surface area contributed by atoms with Crippen molar-refractivity contribution in [3.8, 4) is 11.4 Å². The number of likely N-dealkylation sites (N-methyl/N-ethyl adjacent to an activating group) is 2. The summed E-state index contributed by atoms with van der Waals surface area (Å²) >= 11 is 0. The molecular formula is C25H22FN7O2. The summed E-state index contributed by atoms with van der Waals surface area (Å²) in [6, 6.07) is 14.0. The lowest BCUT2D eigenvalue weighted by Gasteiger charge is -2.35. The highest BCUT2D eigenvalue weighted by Crippen LogP contribution is 2.32. The predicted molar refractivity (Wildman–Crippen MR) is 132 cm³/mol. The molecule has 10 heteroatoms. The number of nitrogens with one attached hydrogen (secondary N) is 1. The third-order valence-corrected chi connectivity index (χ3v) is 6.27. The van der Waals surface area contributed by atoms with Gasteiger partial charge in [0.2, 0.25) is 5.95 Å². The van der Waals surface area contributed by atoms with E-state index in [0.717, 1.165) is 11.4 Å². The molecule has 6 rings (SSSR count). The van der Waals surface area contributed by atoms with Crippen LogP contribution >= 0.6 is 0 Å². The second kappa shape index (κ2) is 8.08. The lowest BCUT2D eigenvalue weighted by atomic mass is 10.2. The van der Waals surface area contributed by atoms with Gasteiger partial charge in [0.25, 0.3) is 5.56 Å². The fourth-order valence-corrected chi connectivity index (χ4v) is 4.60. The van der Waals surface area contributed by atoms with Crippen molar-refractivity contribution in [3.63, 3.8) is 0 Å². The Morgan fingerprint density at radius 2 is 1.89 bits per heavy atom. The third kappa shape index (κ3) is 3.45. The SMILES string of the molecule is CN(C[C@H]1CN(C)c2ccccc2O1)c1ncc2c3[nH]ncc3c(=O)n(-c3ccccc3F)c2n1. The molecule has 1 aliphatic heterocycles. The highest BCUT2D eigenvalue weighted by atomic mass is 19.1. The molecule has 0 amide bonds. The zero-order valence-electron chi connectivity index (χ0n) is 19.1. The van der Waals surface area contributed by atoms with Crippen molar-refractivity contribution in [2.24, 2.45) is 0 Å². The highest BCUT2D eigenvalue weighted by molar-refractivity contribution is 6.02. The molecule has 0 radical (unpaired) electrons. The largest absolute Gasteiger partial charge is 0.485 e. The first-order valence-electron chi connectivity index (χ1n) is 11.2. The number of halogens is 1. The van der Waals surface area contributed by atoms with Gasteiger partial charge >= 0.3 is 0 Å². The van der Waals surface area contributed by atoms with Crippen molar-refractivity contribution >= 4 is 33.6 Å². The molecule has 1 atom stereocenters. The van der Waals surface area contributed by atoms with Crippen molar-refractivity contribution in [1.29, 1.82) is 0 Å². The molecule has 9 nitrogen and oxygen atoms in total. The van der Waals surface area contributed by atoms with Gasteiger partial charge in [-0.15, -0.1) is 0 Å². The first kappa shape index (κ1) is 21.1. The quantitative estimate of drug-likeness (QED) is 0.431. The van der Waals surface area contributed by atoms with Crippen LogP contribution in [0.1, 0.15) is 0 Å². The van der Waals surface area contributed by atoms with Gasteiger partial charge in [-0.1, -0.05) is 24.3 Å². The van der Waals surface area contributed by atoms with Gasteiger partial charge in [0.1, 0.15) is 17.7 Å². The van der Waals surface area contributed by atoms with E-state index in [2.05, 4.69) is 20.1 Å². The second-order valence-electron chi connectivity index (χ2n) is 8.63. The Morgan fingerprint density at radius 3 is 2.71 bits per heavy atom. The van der Waals surface area contributed by atoms with Crippen molar-refractivity contribution in [2.45, 2.75) is 6.10 Å². The molecule has 1 N–H and O–H groups in total. The fourth-order valence-electron chi connectivity index (χ4n) is 4.60. The van der Waals surface area contributed by atoms with Crippen LogP contribution < -0.4 is 20.1 Å². The Labute approximate surface area is 199 Å². The summed E-state index contributed by atoms with van der Waals surface area (Å²) in [6.07, 6.45) is 2.95. The number of hydrogen-bond donors (Lipinski definition) is 1. The molecule has 0 spiro atoms. The molecule has 0 aliphatic carbocycles.